The summed E-state index contributed by atoms with van der Waals surface area (Å²) in [7, 11) is 0. The SMILES string of the molecule is CCC(C)CC(CC)N(CC)C1CCCCC1CN. The molecule has 0 aromatic heterocycles. The minimum Gasteiger partial charge on any atom is -0.330 e. The van der Waals surface area contributed by atoms with Gasteiger partial charge in [-0.25, -0.2) is 0 Å². The first-order valence-electron chi connectivity index (χ1n) is 8.63. The first-order valence-corrected chi connectivity index (χ1v) is 8.63. The lowest BCUT2D eigenvalue weighted by atomic mass is 9.82. The molecule has 2 N–H and O–H groups in total. The quantitative estimate of drug-likeness (QED) is 0.720. The predicted octanol–water partition coefficient (Wildman–Crippen LogP) is 4.04. The Labute approximate surface area is 121 Å². The van der Waals surface area contributed by atoms with E-state index < -0.39 is 0 Å². The first-order chi connectivity index (χ1) is 9.17. The molecule has 0 heterocycles. The van der Waals surface area contributed by atoms with E-state index in [-0.39, 0.29) is 0 Å². The van der Waals surface area contributed by atoms with Crippen LogP contribution >= 0.6 is 0 Å². The molecule has 0 aromatic carbocycles. The van der Waals surface area contributed by atoms with E-state index in [1.54, 1.807) is 0 Å². The lowest BCUT2D eigenvalue weighted by Gasteiger charge is -2.44. The lowest BCUT2D eigenvalue weighted by Crippen LogP contribution is -2.50. The molecule has 0 radical (unpaired) electrons. The summed E-state index contributed by atoms with van der Waals surface area (Å²) in [6, 6.07) is 1.51. The van der Waals surface area contributed by atoms with E-state index in [0.29, 0.717) is 0 Å². The van der Waals surface area contributed by atoms with Crippen LogP contribution in [0, 0.1) is 11.8 Å². The summed E-state index contributed by atoms with van der Waals surface area (Å²) in [6.45, 7) is 11.5. The number of hydrogen-bond donors (Lipinski definition) is 1. The highest BCUT2D eigenvalue weighted by Gasteiger charge is 2.32. The molecule has 4 atom stereocenters. The Morgan fingerprint density at radius 3 is 2.32 bits per heavy atom. The van der Waals surface area contributed by atoms with Crippen molar-refractivity contribution in [3.8, 4) is 0 Å². The molecular weight excluding hydrogens is 232 g/mol. The molecule has 2 nitrogen and oxygen atoms in total. The molecule has 0 aliphatic heterocycles. The van der Waals surface area contributed by atoms with Crippen molar-refractivity contribution in [1.82, 2.24) is 4.90 Å². The van der Waals surface area contributed by atoms with Crippen molar-refractivity contribution in [2.24, 2.45) is 17.6 Å². The standard InChI is InChI=1S/C17H36N2/c1-5-14(4)12-16(6-2)19(7-3)17-11-9-8-10-15(17)13-18/h14-17H,5-13,18H2,1-4H3. The topological polar surface area (TPSA) is 29.3 Å². The van der Waals surface area contributed by atoms with Gasteiger partial charge in [-0.3, -0.25) is 4.90 Å². The van der Waals surface area contributed by atoms with Gasteiger partial charge in [0.1, 0.15) is 0 Å². The van der Waals surface area contributed by atoms with Crippen molar-refractivity contribution in [2.45, 2.75) is 84.7 Å². The largest absolute Gasteiger partial charge is 0.330 e. The van der Waals surface area contributed by atoms with Gasteiger partial charge in [-0.1, -0.05) is 47.0 Å². The molecular formula is C17H36N2. The number of nitrogens with two attached hydrogens (primary N) is 1. The van der Waals surface area contributed by atoms with Gasteiger partial charge in [0.15, 0.2) is 0 Å². The van der Waals surface area contributed by atoms with Crippen LogP contribution in [0.2, 0.25) is 0 Å². The van der Waals surface area contributed by atoms with Crippen molar-refractivity contribution in [1.29, 1.82) is 0 Å². The van der Waals surface area contributed by atoms with E-state index in [9.17, 15) is 0 Å². The van der Waals surface area contributed by atoms with Gasteiger partial charge in [0.2, 0.25) is 0 Å². The Balaban J connectivity index is 2.71. The van der Waals surface area contributed by atoms with Gasteiger partial charge >= 0.3 is 0 Å². The highest BCUT2D eigenvalue weighted by molar-refractivity contribution is 4.87. The maximum absolute atomic E-state index is 6.03. The normalized spacial score (nSPS) is 27.5. The van der Waals surface area contributed by atoms with Gasteiger partial charge in [-0.2, -0.15) is 0 Å². The molecule has 0 aromatic rings. The van der Waals surface area contributed by atoms with Gasteiger partial charge in [-0.05, 0) is 50.6 Å². The van der Waals surface area contributed by atoms with Crippen LogP contribution in [0.5, 0.6) is 0 Å². The molecule has 2 heteroatoms. The molecule has 4 unspecified atom stereocenters. The van der Waals surface area contributed by atoms with Crippen LogP contribution in [0.3, 0.4) is 0 Å². The van der Waals surface area contributed by atoms with Gasteiger partial charge in [0.05, 0.1) is 0 Å². The van der Waals surface area contributed by atoms with Crippen LogP contribution in [0.4, 0.5) is 0 Å². The summed E-state index contributed by atoms with van der Waals surface area (Å²) >= 11 is 0. The highest BCUT2D eigenvalue weighted by Crippen LogP contribution is 2.31. The Morgan fingerprint density at radius 2 is 1.79 bits per heavy atom. The average Bonchev–Trinajstić information content (AvgIpc) is 2.47. The van der Waals surface area contributed by atoms with Gasteiger partial charge in [0, 0.05) is 12.1 Å². The average molecular weight is 268 g/mol. The van der Waals surface area contributed by atoms with E-state index in [1.165, 1.54) is 51.5 Å². The predicted molar refractivity (Wildman–Crippen MR) is 85.3 cm³/mol. The van der Waals surface area contributed by atoms with Crippen molar-refractivity contribution in [2.75, 3.05) is 13.1 Å². The van der Waals surface area contributed by atoms with Crippen LogP contribution in [-0.4, -0.2) is 30.1 Å². The third-order valence-electron chi connectivity index (χ3n) is 5.27. The van der Waals surface area contributed by atoms with E-state index in [4.69, 9.17) is 5.73 Å². The molecule has 0 bridgehead atoms. The second-order valence-electron chi connectivity index (χ2n) is 6.49. The zero-order valence-electron chi connectivity index (χ0n) is 13.7. The van der Waals surface area contributed by atoms with E-state index in [0.717, 1.165) is 30.5 Å². The van der Waals surface area contributed by atoms with Crippen LogP contribution in [0.15, 0.2) is 0 Å². The minimum atomic E-state index is 0.736. The number of nitrogens with zero attached hydrogens (tertiary/aromatic N) is 1. The fraction of sp³-hybridized carbons (Fsp3) is 1.00. The van der Waals surface area contributed by atoms with Crippen molar-refractivity contribution in [3.05, 3.63) is 0 Å². The van der Waals surface area contributed by atoms with Crippen molar-refractivity contribution >= 4 is 0 Å². The Bertz CT molecular complexity index is 229. The van der Waals surface area contributed by atoms with Crippen LogP contribution < -0.4 is 5.73 Å². The molecule has 114 valence electrons. The van der Waals surface area contributed by atoms with Gasteiger partial charge in [-0.15, -0.1) is 0 Å². The lowest BCUT2D eigenvalue weighted by molar-refractivity contribution is 0.0577. The van der Waals surface area contributed by atoms with Crippen molar-refractivity contribution < 1.29 is 0 Å². The first kappa shape index (κ1) is 17.0. The summed E-state index contributed by atoms with van der Waals surface area (Å²) in [5, 5.41) is 0. The molecule has 1 aliphatic rings. The van der Waals surface area contributed by atoms with Crippen LogP contribution in [-0.2, 0) is 0 Å². The van der Waals surface area contributed by atoms with Gasteiger partial charge in [0.25, 0.3) is 0 Å². The summed E-state index contributed by atoms with van der Waals surface area (Å²) in [5.41, 5.74) is 6.03. The second kappa shape index (κ2) is 8.97. The molecule has 0 saturated heterocycles. The smallest absolute Gasteiger partial charge is 0.0138 e. The summed E-state index contributed by atoms with van der Waals surface area (Å²) < 4.78 is 0. The van der Waals surface area contributed by atoms with Crippen LogP contribution in [0.25, 0.3) is 0 Å². The second-order valence-corrected chi connectivity index (χ2v) is 6.49. The van der Waals surface area contributed by atoms with E-state index >= 15 is 0 Å². The van der Waals surface area contributed by atoms with E-state index in [1.807, 2.05) is 0 Å². The zero-order valence-corrected chi connectivity index (χ0v) is 13.7. The monoisotopic (exact) mass is 268 g/mol. The molecule has 0 amide bonds. The van der Waals surface area contributed by atoms with E-state index in [2.05, 4.69) is 32.6 Å². The number of rotatable bonds is 8. The fourth-order valence-corrected chi connectivity index (χ4v) is 3.83. The summed E-state index contributed by atoms with van der Waals surface area (Å²) in [5.74, 6) is 1.58. The summed E-state index contributed by atoms with van der Waals surface area (Å²) in [6.07, 6.45) is 9.44. The Kier molecular flexibility index (Phi) is 8.01. The zero-order chi connectivity index (χ0) is 14.3. The van der Waals surface area contributed by atoms with Gasteiger partial charge < -0.3 is 5.73 Å². The summed E-state index contributed by atoms with van der Waals surface area (Å²) in [4.78, 5) is 2.79. The molecule has 1 saturated carbocycles. The Hall–Kier alpha value is -0.0800. The third-order valence-corrected chi connectivity index (χ3v) is 5.27. The molecule has 19 heavy (non-hydrogen) atoms. The van der Waals surface area contributed by atoms with Crippen molar-refractivity contribution in [3.63, 3.8) is 0 Å². The minimum absolute atomic E-state index is 0.736. The molecule has 1 fully saturated rings. The maximum atomic E-state index is 6.03. The molecule has 1 aliphatic carbocycles. The van der Waals surface area contributed by atoms with Crippen LogP contribution in [0.1, 0.15) is 72.6 Å². The Morgan fingerprint density at radius 1 is 1.11 bits per heavy atom. The molecule has 0 spiro atoms. The maximum Gasteiger partial charge on any atom is 0.0138 e. The third kappa shape index (κ3) is 4.75. The molecule has 1 rings (SSSR count). The number of hydrogen-bond acceptors (Lipinski definition) is 2. The fourth-order valence-electron chi connectivity index (χ4n) is 3.83. The highest BCUT2D eigenvalue weighted by atomic mass is 15.2.